The number of rotatable bonds is 39. The van der Waals surface area contributed by atoms with E-state index in [1.807, 2.05) is 45.4 Å². The highest BCUT2D eigenvalue weighted by atomic mass is 35.5. The molecule has 0 heterocycles. The predicted molar refractivity (Wildman–Crippen MR) is 260 cm³/mol. The van der Waals surface area contributed by atoms with Crippen LogP contribution in [0.1, 0.15) is 160 Å². The summed E-state index contributed by atoms with van der Waals surface area (Å²) in [6, 6.07) is 12.9. The van der Waals surface area contributed by atoms with Gasteiger partial charge >= 0.3 is 19.8 Å². The first-order valence-corrected chi connectivity index (χ1v) is 26.3. The summed E-state index contributed by atoms with van der Waals surface area (Å²) in [6.07, 6.45) is 23.2. The molecule has 2 aromatic rings. The van der Waals surface area contributed by atoms with Gasteiger partial charge in [-0.05, 0) is 49.1 Å². The molecule has 0 aromatic heterocycles. The van der Waals surface area contributed by atoms with Crippen LogP contribution >= 0.6 is 31.0 Å². The molecule has 2 rings (SSSR count). The van der Waals surface area contributed by atoms with E-state index in [9.17, 15) is 23.8 Å². The smallest absolute Gasteiger partial charge is 0.462 e. The van der Waals surface area contributed by atoms with Crippen LogP contribution in [0.5, 0.6) is 0 Å². The third-order valence-electron chi connectivity index (χ3n) is 10.8. The predicted octanol–water partition coefficient (Wildman–Crippen LogP) is 12.7. The number of hydrogen-bond donors (Lipinski definition) is 3. The molecule has 0 aliphatic rings. The van der Waals surface area contributed by atoms with Crippen LogP contribution in [0.2, 0.25) is 10.0 Å². The van der Waals surface area contributed by atoms with E-state index in [-0.39, 0.29) is 38.4 Å². The van der Waals surface area contributed by atoms with Gasteiger partial charge in [0, 0.05) is 25.1 Å². The van der Waals surface area contributed by atoms with Crippen LogP contribution in [0.25, 0.3) is 0 Å². The van der Waals surface area contributed by atoms with Crippen LogP contribution < -0.4 is 10.6 Å². The zero-order chi connectivity index (χ0) is 46.9. The van der Waals surface area contributed by atoms with Gasteiger partial charge in [-0.25, -0.2) is 4.57 Å². The molecule has 15 heteroatoms. The van der Waals surface area contributed by atoms with Crippen LogP contribution in [-0.4, -0.2) is 87.4 Å². The number of nitrogens with zero attached hydrogens (tertiary/aromatic N) is 1. The number of nitrogens with one attached hydrogen (secondary N) is 2. The number of ether oxygens (including phenoxy) is 2. The maximum absolute atomic E-state index is 12.8. The summed E-state index contributed by atoms with van der Waals surface area (Å²) in [5, 5.41) is 7.24. The van der Waals surface area contributed by atoms with Crippen molar-refractivity contribution in [2.45, 2.75) is 167 Å². The van der Waals surface area contributed by atoms with Crippen molar-refractivity contribution in [1.82, 2.24) is 5.32 Å². The second kappa shape index (κ2) is 34.6. The summed E-state index contributed by atoms with van der Waals surface area (Å²) < 4.78 is 34.4. The van der Waals surface area contributed by atoms with Gasteiger partial charge in [-0.15, -0.1) is 0 Å². The number of phosphoric acid groups is 1. The molecular weight excluding hydrogens is 876 g/mol. The Morgan fingerprint density at radius 1 is 0.688 bits per heavy atom. The number of carbonyl (C=O) groups excluding carboxylic acids is 3. The van der Waals surface area contributed by atoms with E-state index in [1.165, 1.54) is 77.0 Å². The molecule has 0 radical (unpaired) electrons. The van der Waals surface area contributed by atoms with Gasteiger partial charge in [0.15, 0.2) is 6.10 Å². The monoisotopic (exact) mass is 957 g/mol. The van der Waals surface area contributed by atoms with Crippen LogP contribution in [0.4, 0.5) is 11.4 Å². The van der Waals surface area contributed by atoms with E-state index in [0.717, 1.165) is 56.2 Å². The van der Waals surface area contributed by atoms with Gasteiger partial charge in [0.1, 0.15) is 19.8 Å². The number of esters is 2. The van der Waals surface area contributed by atoms with Crippen molar-refractivity contribution in [3.8, 4) is 0 Å². The number of halogens is 2. The molecule has 2 aromatic carbocycles. The van der Waals surface area contributed by atoms with Crippen molar-refractivity contribution < 1.29 is 46.8 Å². The fourth-order valence-corrected chi connectivity index (χ4v) is 8.24. The van der Waals surface area contributed by atoms with Gasteiger partial charge in [0.2, 0.25) is 5.91 Å². The molecule has 0 spiro atoms. The Balaban J connectivity index is 1.63. The van der Waals surface area contributed by atoms with Crippen molar-refractivity contribution >= 4 is 60.2 Å². The average Bonchev–Trinajstić information content (AvgIpc) is 3.23. The normalized spacial score (nSPS) is 13.0. The topological polar surface area (TPSA) is 149 Å². The Kier molecular flexibility index (Phi) is 31.0. The third-order valence-corrected chi connectivity index (χ3v) is 12.4. The van der Waals surface area contributed by atoms with E-state index in [4.69, 9.17) is 41.7 Å². The first-order valence-electron chi connectivity index (χ1n) is 24.0. The lowest BCUT2D eigenvalue weighted by atomic mass is 10.0. The van der Waals surface area contributed by atoms with Gasteiger partial charge in [-0.3, -0.25) is 23.4 Å². The fraction of sp³-hybridized carbons (Fsp3) is 0.694. The summed E-state index contributed by atoms with van der Waals surface area (Å²) in [5.41, 5.74) is 2.27. The van der Waals surface area contributed by atoms with Gasteiger partial charge < -0.3 is 29.5 Å². The first kappa shape index (κ1) is 57.4. The molecular formula is C49H81Cl2N3O9P+. The molecule has 2 unspecified atom stereocenters. The lowest BCUT2D eigenvalue weighted by Gasteiger charge is -2.24. The van der Waals surface area contributed by atoms with Crippen LogP contribution in [0.3, 0.4) is 0 Å². The minimum atomic E-state index is -4.42. The van der Waals surface area contributed by atoms with E-state index in [2.05, 4.69) is 17.6 Å². The van der Waals surface area contributed by atoms with Crippen LogP contribution in [0.15, 0.2) is 42.5 Å². The summed E-state index contributed by atoms with van der Waals surface area (Å²) in [4.78, 5) is 48.2. The summed E-state index contributed by atoms with van der Waals surface area (Å²) >= 11 is 12.6. The zero-order valence-corrected chi connectivity index (χ0v) is 41.9. The number of phosphoric ester groups is 1. The van der Waals surface area contributed by atoms with Gasteiger partial charge in [-0.1, -0.05) is 164 Å². The Labute approximate surface area is 395 Å². The lowest BCUT2D eigenvalue weighted by Crippen LogP contribution is -2.37. The number of quaternary nitrogens is 1. The van der Waals surface area contributed by atoms with Gasteiger partial charge in [0.25, 0.3) is 0 Å². The number of anilines is 2. The van der Waals surface area contributed by atoms with E-state index < -0.39 is 32.5 Å². The Hall–Kier alpha value is -2.70. The fourth-order valence-electron chi connectivity index (χ4n) is 7.00. The molecule has 1 amide bonds. The molecule has 0 bridgehead atoms. The van der Waals surface area contributed by atoms with Crippen LogP contribution in [-0.2, 0) is 43.9 Å². The lowest BCUT2D eigenvalue weighted by molar-refractivity contribution is -0.870. The molecule has 2 atom stereocenters. The largest absolute Gasteiger partial charge is 0.472 e. The molecule has 364 valence electrons. The highest BCUT2D eigenvalue weighted by Crippen LogP contribution is 2.43. The number of amides is 1. The number of carbonyl (C=O) groups is 3. The van der Waals surface area contributed by atoms with Crippen molar-refractivity contribution in [2.24, 2.45) is 0 Å². The van der Waals surface area contributed by atoms with E-state index in [0.29, 0.717) is 46.1 Å². The Morgan fingerprint density at radius 2 is 1.20 bits per heavy atom. The highest BCUT2D eigenvalue weighted by Gasteiger charge is 2.27. The van der Waals surface area contributed by atoms with Gasteiger partial charge in [-0.2, -0.15) is 0 Å². The number of hydrogen-bond acceptors (Lipinski definition) is 9. The highest BCUT2D eigenvalue weighted by molar-refractivity contribution is 7.47. The van der Waals surface area contributed by atoms with Gasteiger partial charge in [0.05, 0.1) is 49.9 Å². The standard InChI is InChI=1S/C49H80Cl2N3O9P/c1-5-6-7-8-9-10-11-12-13-14-15-16-17-20-23-32-47(56)60-39-43(40-62-64(58,59)61-36-35-54(2,3)4)63-48(57)33-24-21-18-19-22-25-34-52-46(55)38-41-28-26-29-42(37-41)53-49-44(50)30-27-31-45(49)51/h26-31,37,43,53H,5-25,32-36,38-40H2,1-4H3,(H-,52,55,58,59)/p+1. The molecule has 64 heavy (non-hydrogen) atoms. The molecule has 0 saturated carbocycles. The van der Waals surface area contributed by atoms with Crippen molar-refractivity contribution in [3.63, 3.8) is 0 Å². The minimum Gasteiger partial charge on any atom is -0.462 e. The zero-order valence-electron chi connectivity index (χ0n) is 39.5. The van der Waals surface area contributed by atoms with Crippen molar-refractivity contribution in [2.75, 3.05) is 59.4 Å². The number of likely N-dealkylation sites (N-methyl/N-ethyl adjacent to an activating group) is 1. The molecule has 0 saturated heterocycles. The number of para-hydroxylation sites is 1. The average molecular weight is 958 g/mol. The summed E-state index contributed by atoms with van der Waals surface area (Å²) in [5.74, 6) is -0.956. The van der Waals surface area contributed by atoms with E-state index >= 15 is 0 Å². The van der Waals surface area contributed by atoms with E-state index in [1.54, 1.807) is 18.2 Å². The second-order valence-corrected chi connectivity index (χ2v) is 20.2. The molecule has 0 fully saturated rings. The minimum absolute atomic E-state index is 0.000851. The maximum atomic E-state index is 12.8. The molecule has 0 aliphatic heterocycles. The Morgan fingerprint density at radius 3 is 1.77 bits per heavy atom. The SMILES string of the molecule is CCCCCCCCCCCCCCCCCC(=O)OCC(COP(=O)(O)OCC[N+](C)(C)C)OC(=O)CCCCCCCCNC(=O)Cc1cccc(Nc2c(Cl)cccc2Cl)c1. The number of unbranched alkanes of at least 4 members (excludes halogenated alkanes) is 19. The number of benzene rings is 2. The second-order valence-electron chi connectivity index (χ2n) is 17.9. The molecule has 12 nitrogen and oxygen atoms in total. The molecule has 0 aliphatic carbocycles. The quantitative estimate of drug-likeness (QED) is 0.0256. The molecule has 3 N–H and O–H groups in total. The maximum Gasteiger partial charge on any atom is 0.472 e. The van der Waals surface area contributed by atoms with Crippen molar-refractivity contribution in [3.05, 3.63) is 58.1 Å². The third kappa shape index (κ3) is 30.5. The Bertz CT molecular complexity index is 1620. The summed E-state index contributed by atoms with van der Waals surface area (Å²) in [7, 11) is 1.37. The summed E-state index contributed by atoms with van der Waals surface area (Å²) in [6.45, 7) is 2.59. The van der Waals surface area contributed by atoms with Crippen molar-refractivity contribution in [1.29, 1.82) is 0 Å². The first-order chi connectivity index (χ1) is 30.7. The van der Waals surface area contributed by atoms with Crippen LogP contribution in [0, 0.1) is 0 Å².